The van der Waals surface area contributed by atoms with Crippen molar-refractivity contribution in [1.82, 2.24) is 0 Å². The summed E-state index contributed by atoms with van der Waals surface area (Å²) in [6, 6.07) is 23.5. The van der Waals surface area contributed by atoms with E-state index in [4.69, 9.17) is 0 Å². The van der Waals surface area contributed by atoms with E-state index < -0.39 is 7.92 Å². The normalized spacial score (nSPS) is 10.7. The fourth-order valence-corrected chi connectivity index (χ4v) is 5.24. The molecule has 114 valence electrons. The highest BCUT2D eigenvalue weighted by Crippen LogP contribution is 2.37. The number of hydrogen-bond acceptors (Lipinski definition) is 3. The number of phenols is 1. The van der Waals surface area contributed by atoms with E-state index in [2.05, 4.69) is 12.6 Å². The largest absolute Gasteiger partial charge is 0.507 e. The molecule has 0 aromatic heterocycles. The molecule has 1 N–H and O–H groups in total. The average molecular weight is 338 g/mol. The van der Waals surface area contributed by atoms with Gasteiger partial charge in [-0.25, -0.2) is 0 Å². The molecule has 4 heteroatoms. The van der Waals surface area contributed by atoms with Gasteiger partial charge in [-0.3, -0.25) is 4.79 Å². The Bertz CT molecular complexity index is 780. The number of benzene rings is 3. The van der Waals surface area contributed by atoms with Crippen LogP contribution in [0.3, 0.4) is 0 Å². The fourth-order valence-electron chi connectivity index (χ4n) is 2.47. The van der Waals surface area contributed by atoms with E-state index in [1.54, 1.807) is 6.07 Å². The first kappa shape index (κ1) is 15.8. The van der Waals surface area contributed by atoms with Crippen LogP contribution in [0.25, 0.3) is 0 Å². The summed E-state index contributed by atoms with van der Waals surface area (Å²) in [4.78, 5) is 11.9. The second kappa shape index (κ2) is 6.99. The highest BCUT2D eigenvalue weighted by Gasteiger charge is 2.21. The third-order valence-electron chi connectivity index (χ3n) is 3.50. The molecule has 0 aliphatic carbocycles. The van der Waals surface area contributed by atoms with E-state index in [1.807, 2.05) is 66.7 Å². The summed E-state index contributed by atoms with van der Waals surface area (Å²) in [7, 11) is -0.963. The summed E-state index contributed by atoms with van der Waals surface area (Å²) < 4.78 is 0. The highest BCUT2D eigenvalue weighted by molar-refractivity contribution is 7.81. The number of phenolic OH excluding ortho intramolecular Hbond substituents is 1. The summed E-state index contributed by atoms with van der Waals surface area (Å²) in [5.41, 5.74) is 0.270. The molecule has 0 heterocycles. The molecule has 0 fully saturated rings. The first-order chi connectivity index (χ1) is 11.2. The van der Waals surface area contributed by atoms with Gasteiger partial charge in [-0.05, 0) is 30.7 Å². The first-order valence-corrected chi connectivity index (χ1v) is 8.91. The maximum absolute atomic E-state index is 11.2. The Labute approximate surface area is 142 Å². The lowest BCUT2D eigenvalue weighted by molar-refractivity contribution is 0.112. The van der Waals surface area contributed by atoms with Gasteiger partial charge in [-0.2, -0.15) is 0 Å². The molecule has 23 heavy (non-hydrogen) atoms. The quantitative estimate of drug-likeness (QED) is 0.435. The molecule has 3 aromatic carbocycles. The molecular formula is C19H15O2PS. The van der Waals surface area contributed by atoms with Crippen molar-refractivity contribution >= 4 is 42.8 Å². The highest BCUT2D eigenvalue weighted by atomic mass is 32.1. The van der Waals surface area contributed by atoms with Crippen molar-refractivity contribution in [2.45, 2.75) is 4.90 Å². The number of carbonyl (C=O) groups excluding carboxylic acids is 1. The second-order valence-corrected chi connectivity index (χ2v) is 7.73. The van der Waals surface area contributed by atoms with E-state index in [0.29, 0.717) is 11.2 Å². The molecule has 0 saturated heterocycles. The lowest BCUT2D eigenvalue weighted by Gasteiger charge is -2.21. The molecule has 0 bridgehead atoms. The molecule has 0 radical (unpaired) electrons. The Hall–Kier alpha value is -2.09. The molecule has 3 rings (SSSR count). The van der Waals surface area contributed by atoms with Gasteiger partial charge in [0.15, 0.2) is 6.29 Å². The van der Waals surface area contributed by atoms with Gasteiger partial charge in [-0.15, -0.1) is 12.6 Å². The van der Waals surface area contributed by atoms with Crippen LogP contribution in [0.4, 0.5) is 0 Å². The van der Waals surface area contributed by atoms with Crippen LogP contribution < -0.4 is 15.9 Å². The monoisotopic (exact) mass is 338 g/mol. The number of aldehydes is 1. The Kier molecular flexibility index (Phi) is 4.80. The van der Waals surface area contributed by atoms with Crippen molar-refractivity contribution in [2.24, 2.45) is 0 Å². The maximum Gasteiger partial charge on any atom is 0.153 e. The Balaban J connectivity index is 2.25. The van der Waals surface area contributed by atoms with Crippen molar-refractivity contribution < 1.29 is 9.90 Å². The molecule has 0 aliphatic rings. The molecule has 0 amide bonds. The zero-order chi connectivity index (χ0) is 16.2. The van der Waals surface area contributed by atoms with Gasteiger partial charge in [0.1, 0.15) is 5.75 Å². The summed E-state index contributed by atoms with van der Waals surface area (Å²) in [5, 5.41) is 13.5. The SMILES string of the molecule is O=Cc1cc(S)cc(P(c2ccccc2)c2ccccc2)c1O. The maximum atomic E-state index is 11.2. The molecule has 0 spiro atoms. The van der Waals surface area contributed by atoms with E-state index in [9.17, 15) is 9.90 Å². The average Bonchev–Trinajstić information content (AvgIpc) is 2.60. The summed E-state index contributed by atoms with van der Waals surface area (Å²) in [6.07, 6.45) is 0.669. The van der Waals surface area contributed by atoms with E-state index in [-0.39, 0.29) is 11.3 Å². The third-order valence-corrected chi connectivity index (χ3v) is 6.21. The number of aromatic hydroxyl groups is 1. The molecule has 0 atom stereocenters. The molecule has 2 nitrogen and oxygen atoms in total. The van der Waals surface area contributed by atoms with Gasteiger partial charge < -0.3 is 5.11 Å². The molecule has 0 aliphatic heterocycles. The topological polar surface area (TPSA) is 37.3 Å². The summed E-state index contributed by atoms with van der Waals surface area (Å²) in [6.45, 7) is 0. The number of hydrogen-bond donors (Lipinski definition) is 2. The molecule has 3 aromatic rings. The zero-order valence-corrected chi connectivity index (χ0v) is 14.0. The van der Waals surface area contributed by atoms with Crippen molar-refractivity contribution in [1.29, 1.82) is 0 Å². The van der Waals surface area contributed by atoms with E-state index >= 15 is 0 Å². The Morgan fingerprint density at radius 2 is 1.39 bits per heavy atom. The minimum atomic E-state index is -0.963. The van der Waals surface area contributed by atoms with Crippen LogP contribution in [0, 0.1) is 0 Å². The van der Waals surface area contributed by atoms with Crippen LogP contribution >= 0.6 is 20.6 Å². The van der Waals surface area contributed by atoms with Crippen LogP contribution in [0.15, 0.2) is 77.7 Å². The van der Waals surface area contributed by atoms with Gasteiger partial charge in [0.25, 0.3) is 0 Å². The predicted molar refractivity (Wildman–Crippen MR) is 99.5 cm³/mol. The van der Waals surface area contributed by atoms with Gasteiger partial charge in [0.05, 0.1) is 5.56 Å². The van der Waals surface area contributed by atoms with Gasteiger partial charge in [0, 0.05) is 10.2 Å². The van der Waals surface area contributed by atoms with Gasteiger partial charge in [-0.1, -0.05) is 60.7 Å². The second-order valence-electron chi connectivity index (χ2n) is 5.03. The number of thiol groups is 1. The third kappa shape index (κ3) is 3.31. The Morgan fingerprint density at radius 3 is 1.87 bits per heavy atom. The van der Waals surface area contributed by atoms with Crippen LogP contribution in [0.1, 0.15) is 10.4 Å². The lowest BCUT2D eigenvalue weighted by atomic mass is 10.2. The zero-order valence-electron chi connectivity index (χ0n) is 12.3. The number of carbonyl (C=O) groups is 1. The van der Waals surface area contributed by atoms with Crippen LogP contribution in [-0.2, 0) is 0 Å². The van der Waals surface area contributed by atoms with Gasteiger partial charge >= 0.3 is 0 Å². The Morgan fingerprint density at radius 1 is 0.870 bits per heavy atom. The van der Waals surface area contributed by atoms with E-state index in [1.165, 1.54) is 0 Å². The first-order valence-electron chi connectivity index (χ1n) is 7.12. The van der Waals surface area contributed by atoms with E-state index in [0.717, 1.165) is 15.9 Å². The molecule has 0 saturated carbocycles. The minimum Gasteiger partial charge on any atom is -0.507 e. The lowest BCUT2D eigenvalue weighted by Crippen LogP contribution is -2.21. The standard InChI is InChI=1S/C19H15O2PS/c20-13-14-11-17(23)12-18(19(14)21)22(15-7-3-1-4-8-15)16-9-5-2-6-10-16/h1-13,21,23H. The van der Waals surface area contributed by atoms with Crippen molar-refractivity contribution in [3.8, 4) is 5.75 Å². The summed E-state index contributed by atoms with van der Waals surface area (Å²) in [5.74, 6) is 0.0385. The summed E-state index contributed by atoms with van der Waals surface area (Å²) >= 11 is 4.38. The van der Waals surface area contributed by atoms with Crippen LogP contribution in [0.5, 0.6) is 5.75 Å². The van der Waals surface area contributed by atoms with Gasteiger partial charge in [0.2, 0.25) is 0 Å². The van der Waals surface area contributed by atoms with Crippen LogP contribution in [0.2, 0.25) is 0 Å². The minimum absolute atomic E-state index is 0.0385. The van der Waals surface area contributed by atoms with Crippen LogP contribution in [-0.4, -0.2) is 11.4 Å². The predicted octanol–water partition coefficient (Wildman–Crippen LogP) is 3.25. The van der Waals surface area contributed by atoms with Crippen molar-refractivity contribution in [3.63, 3.8) is 0 Å². The smallest absolute Gasteiger partial charge is 0.153 e. The van der Waals surface area contributed by atoms with Crippen molar-refractivity contribution in [3.05, 3.63) is 78.4 Å². The molecule has 0 unspecified atom stereocenters. The fraction of sp³-hybridized carbons (Fsp3) is 0. The van der Waals surface area contributed by atoms with Crippen molar-refractivity contribution in [2.75, 3.05) is 0 Å². The molecular weight excluding hydrogens is 323 g/mol. The number of rotatable bonds is 4.